The predicted octanol–water partition coefficient (Wildman–Crippen LogP) is 4.49. The van der Waals surface area contributed by atoms with Gasteiger partial charge >= 0.3 is 0 Å². The van der Waals surface area contributed by atoms with Crippen LogP contribution in [0.4, 0.5) is 0 Å². The number of amides is 1. The van der Waals surface area contributed by atoms with Gasteiger partial charge in [-0.1, -0.05) is 54.2 Å². The molecule has 6 nitrogen and oxygen atoms in total. The van der Waals surface area contributed by atoms with Gasteiger partial charge in [-0.05, 0) is 49.4 Å². The van der Waals surface area contributed by atoms with Crippen LogP contribution in [0.5, 0.6) is 0 Å². The van der Waals surface area contributed by atoms with Gasteiger partial charge in [-0.2, -0.15) is 5.10 Å². The molecule has 7 heteroatoms. The number of hydrogen-bond acceptors (Lipinski definition) is 5. The predicted molar refractivity (Wildman–Crippen MR) is 122 cm³/mol. The van der Waals surface area contributed by atoms with E-state index in [9.17, 15) is 4.79 Å². The summed E-state index contributed by atoms with van der Waals surface area (Å²) in [5.74, 6) is 0.0221. The van der Waals surface area contributed by atoms with E-state index in [4.69, 9.17) is 0 Å². The lowest BCUT2D eigenvalue weighted by atomic mass is 9.88. The number of fused-ring (bicyclic) bond motifs is 2. The topological polar surface area (TPSA) is 72.7 Å². The molecule has 2 aromatic carbocycles. The molecule has 4 aromatic rings. The molecule has 2 atom stereocenters. The Morgan fingerprint density at radius 1 is 1.13 bits per heavy atom. The zero-order valence-corrected chi connectivity index (χ0v) is 18.0. The van der Waals surface area contributed by atoms with Gasteiger partial charge < -0.3 is 5.32 Å². The van der Waals surface area contributed by atoms with Gasteiger partial charge in [0.1, 0.15) is 11.4 Å². The van der Waals surface area contributed by atoms with Crippen molar-refractivity contribution < 1.29 is 4.79 Å². The molecule has 0 spiro atoms. The molecule has 1 amide bonds. The SMILES string of the molecule is C[C@@H](Sc1ncnc2c1cnn2-c1ccccc1)C(=O)N[C@@H]1CCCc2ccccc21. The van der Waals surface area contributed by atoms with E-state index in [1.807, 2.05) is 43.3 Å². The minimum Gasteiger partial charge on any atom is -0.348 e. The lowest BCUT2D eigenvalue weighted by Crippen LogP contribution is -2.35. The first-order valence-corrected chi connectivity index (χ1v) is 11.4. The summed E-state index contributed by atoms with van der Waals surface area (Å²) in [6.07, 6.45) is 6.45. The largest absolute Gasteiger partial charge is 0.348 e. The maximum Gasteiger partial charge on any atom is 0.233 e. The lowest BCUT2D eigenvalue weighted by Gasteiger charge is -2.27. The number of carbonyl (C=O) groups is 1. The van der Waals surface area contributed by atoms with Crippen molar-refractivity contribution >= 4 is 28.7 Å². The second-order valence-corrected chi connectivity index (χ2v) is 9.05. The van der Waals surface area contributed by atoms with Gasteiger partial charge in [0.05, 0.1) is 28.6 Å². The molecule has 0 radical (unpaired) electrons. The highest BCUT2D eigenvalue weighted by molar-refractivity contribution is 8.00. The van der Waals surface area contributed by atoms with Gasteiger partial charge in [-0.3, -0.25) is 4.79 Å². The summed E-state index contributed by atoms with van der Waals surface area (Å²) in [6, 6.07) is 18.4. The quantitative estimate of drug-likeness (QED) is 0.374. The Kier molecular flexibility index (Phi) is 5.42. The molecule has 0 aliphatic heterocycles. The summed E-state index contributed by atoms with van der Waals surface area (Å²) < 4.78 is 1.80. The van der Waals surface area contributed by atoms with Crippen LogP contribution in [0.25, 0.3) is 16.7 Å². The van der Waals surface area contributed by atoms with Crippen LogP contribution in [0.15, 0.2) is 72.1 Å². The van der Waals surface area contributed by atoms with Gasteiger partial charge in [0.2, 0.25) is 5.91 Å². The van der Waals surface area contributed by atoms with E-state index in [1.165, 1.54) is 29.2 Å². The molecule has 0 bridgehead atoms. The Morgan fingerprint density at radius 2 is 1.94 bits per heavy atom. The smallest absolute Gasteiger partial charge is 0.233 e. The standard InChI is InChI=1S/C24H23N5OS/c1-16(23(30)28-21-13-7-9-17-8-5-6-12-19(17)21)31-24-20-14-27-29(22(20)25-15-26-24)18-10-3-2-4-11-18/h2-6,8,10-12,14-16,21H,7,9,13H2,1H3,(H,28,30)/t16-,21-/m1/s1. The summed E-state index contributed by atoms with van der Waals surface area (Å²) >= 11 is 1.44. The van der Waals surface area contributed by atoms with Crippen LogP contribution >= 0.6 is 11.8 Å². The number of para-hydroxylation sites is 1. The average Bonchev–Trinajstić information content (AvgIpc) is 3.25. The third kappa shape index (κ3) is 3.93. The summed E-state index contributed by atoms with van der Waals surface area (Å²) in [4.78, 5) is 21.9. The first-order chi connectivity index (χ1) is 15.2. The molecule has 156 valence electrons. The first kappa shape index (κ1) is 19.8. The third-order valence-electron chi connectivity index (χ3n) is 5.67. The van der Waals surface area contributed by atoms with Gasteiger partial charge in [-0.15, -0.1) is 0 Å². The third-order valence-corrected chi connectivity index (χ3v) is 6.79. The number of thioether (sulfide) groups is 1. The molecule has 1 aliphatic carbocycles. The summed E-state index contributed by atoms with van der Waals surface area (Å²) in [6.45, 7) is 1.92. The van der Waals surface area contributed by atoms with E-state index in [2.05, 4.69) is 38.6 Å². The van der Waals surface area contributed by atoms with Crippen LogP contribution in [-0.2, 0) is 11.2 Å². The van der Waals surface area contributed by atoms with E-state index in [0.717, 1.165) is 41.0 Å². The molecule has 1 aliphatic rings. The van der Waals surface area contributed by atoms with Crippen molar-refractivity contribution in [3.63, 3.8) is 0 Å². The average molecular weight is 430 g/mol. The molecular formula is C24H23N5OS. The fourth-order valence-electron chi connectivity index (χ4n) is 4.09. The van der Waals surface area contributed by atoms with Crippen molar-refractivity contribution in [2.45, 2.75) is 42.5 Å². The van der Waals surface area contributed by atoms with Crippen molar-refractivity contribution in [2.24, 2.45) is 0 Å². The number of aromatic nitrogens is 4. The molecule has 0 saturated heterocycles. The first-order valence-electron chi connectivity index (χ1n) is 10.5. The number of nitrogens with zero attached hydrogens (tertiary/aromatic N) is 4. The van der Waals surface area contributed by atoms with Crippen molar-refractivity contribution in [3.8, 4) is 5.69 Å². The molecular weight excluding hydrogens is 406 g/mol. The van der Waals surface area contributed by atoms with Crippen LogP contribution in [0.3, 0.4) is 0 Å². The van der Waals surface area contributed by atoms with Crippen LogP contribution in [0.2, 0.25) is 0 Å². The highest BCUT2D eigenvalue weighted by atomic mass is 32.2. The fraction of sp³-hybridized carbons (Fsp3) is 0.250. The molecule has 2 heterocycles. The number of nitrogens with one attached hydrogen (secondary N) is 1. The second kappa shape index (κ2) is 8.51. The number of rotatable bonds is 5. The van der Waals surface area contributed by atoms with E-state index in [0.29, 0.717) is 0 Å². The van der Waals surface area contributed by atoms with E-state index in [-0.39, 0.29) is 17.2 Å². The Labute approximate surface area is 185 Å². The highest BCUT2D eigenvalue weighted by Gasteiger charge is 2.25. The fourth-order valence-corrected chi connectivity index (χ4v) is 4.98. The Morgan fingerprint density at radius 3 is 2.81 bits per heavy atom. The number of aryl methyl sites for hydroxylation is 1. The van der Waals surface area contributed by atoms with Crippen LogP contribution in [0, 0.1) is 0 Å². The molecule has 31 heavy (non-hydrogen) atoms. The number of carbonyl (C=O) groups excluding carboxylic acids is 1. The maximum atomic E-state index is 13.0. The normalized spacial score (nSPS) is 16.6. The zero-order chi connectivity index (χ0) is 21.2. The minimum absolute atomic E-state index is 0.0221. The van der Waals surface area contributed by atoms with Gasteiger partial charge in [0.25, 0.3) is 0 Å². The van der Waals surface area contributed by atoms with Gasteiger partial charge in [0.15, 0.2) is 5.65 Å². The molecule has 0 saturated carbocycles. The minimum atomic E-state index is -0.285. The zero-order valence-electron chi connectivity index (χ0n) is 17.2. The monoisotopic (exact) mass is 429 g/mol. The summed E-state index contributed by atoms with van der Waals surface area (Å²) in [5.41, 5.74) is 4.25. The van der Waals surface area contributed by atoms with Gasteiger partial charge in [0, 0.05) is 0 Å². The van der Waals surface area contributed by atoms with E-state index in [1.54, 1.807) is 10.9 Å². The molecule has 0 unspecified atom stereocenters. The van der Waals surface area contributed by atoms with Crippen molar-refractivity contribution in [3.05, 3.63) is 78.2 Å². The molecule has 5 rings (SSSR count). The number of hydrogen-bond donors (Lipinski definition) is 1. The maximum absolute atomic E-state index is 13.0. The Balaban J connectivity index is 1.34. The molecule has 2 aromatic heterocycles. The Hall–Kier alpha value is -3.19. The van der Waals surface area contributed by atoms with Crippen LogP contribution < -0.4 is 5.32 Å². The summed E-state index contributed by atoms with van der Waals surface area (Å²) in [5, 5.41) is 9.07. The Bertz CT molecular complexity index is 1220. The second-order valence-electron chi connectivity index (χ2n) is 7.72. The molecule has 0 fully saturated rings. The molecule has 1 N–H and O–H groups in total. The van der Waals surface area contributed by atoms with Crippen LogP contribution in [-0.4, -0.2) is 30.9 Å². The van der Waals surface area contributed by atoms with Crippen LogP contribution in [0.1, 0.15) is 36.9 Å². The van der Waals surface area contributed by atoms with Crippen molar-refractivity contribution in [1.82, 2.24) is 25.1 Å². The van der Waals surface area contributed by atoms with Crippen molar-refractivity contribution in [1.29, 1.82) is 0 Å². The van der Waals surface area contributed by atoms with E-state index < -0.39 is 0 Å². The van der Waals surface area contributed by atoms with Gasteiger partial charge in [-0.25, -0.2) is 14.6 Å². The number of benzene rings is 2. The lowest BCUT2D eigenvalue weighted by molar-refractivity contribution is -0.121. The summed E-state index contributed by atoms with van der Waals surface area (Å²) in [7, 11) is 0. The van der Waals surface area contributed by atoms with E-state index >= 15 is 0 Å². The highest BCUT2D eigenvalue weighted by Crippen LogP contribution is 2.32. The van der Waals surface area contributed by atoms with Crippen molar-refractivity contribution in [2.75, 3.05) is 0 Å².